The lowest BCUT2D eigenvalue weighted by Gasteiger charge is -2.26. The van der Waals surface area contributed by atoms with Crippen molar-refractivity contribution in [2.45, 2.75) is 97.4 Å². The maximum Gasteiger partial charge on any atom is 0.119 e. The molecule has 0 aromatic heterocycles. The minimum absolute atomic E-state index is 0. The van der Waals surface area contributed by atoms with E-state index in [1.54, 1.807) is 0 Å². The van der Waals surface area contributed by atoms with Gasteiger partial charge in [0.15, 0.2) is 0 Å². The summed E-state index contributed by atoms with van der Waals surface area (Å²) in [5.74, 6) is 3.38. The number of ether oxygens (including phenoxy) is 6. The molecule has 2 heterocycles. The number of rotatable bonds is 20. The average molecular weight is 713 g/mol. The van der Waals surface area contributed by atoms with Gasteiger partial charge in [-0.3, -0.25) is 0 Å². The van der Waals surface area contributed by atoms with E-state index in [1.807, 2.05) is 36.4 Å². The van der Waals surface area contributed by atoms with Crippen LogP contribution in [0.3, 0.4) is 0 Å². The Labute approximate surface area is 312 Å². The minimum Gasteiger partial charge on any atom is -0.494 e. The Kier molecular flexibility index (Phi) is 14.6. The van der Waals surface area contributed by atoms with Gasteiger partial charge in [0.05, 0.1) is 25.9 Å². The van der Waals surface area contributed by atoms with Crippen LogP contribution in [0, 0.1) is 0 Å². The third-order valence-corrected chi connectivity index (χ3v) is 9.87. The number of epoxide rings is 2. The average Bonchev–Trinajstić information content (AvgIpc) is 4.08. The van der Waals surface area contributed by atoms with Crippen LogP contribution in [0.15, 0.2) is 97.1 Å². The topological polar surface area (TPSA) is 82.2 Å². The van der Waals surface area contributed by atoms with Gasteiger partial charge in [0.1, 0.15) is 55.0 Å². The first kappa shape index (κ1) is 40.7. The Morgan fingerprint density at radius 1 is 0.538 bits per heavy atom. The highest BCUT2D eigenvalue weighted by molar-refractivity contribution is 5.43. The van der Waals surface area contributed by atoms with Crippen LogP contribution < -0.4 is 18.9 Å². The van der Waals surface area contributed by atoms with Gasteiger partial charge in [0.2, 0.25) is 0 Å². The zero-order valence-corrected chi connectivity index (χ0v) is 29.9. The predicted molar refractivity (Wildman–Crippen MR) is 209 cm³/mol. The quantitative estimate of drug-likeness (QED) is 0.0722. The highest BCUT2D eigenvalue weighted by Crippen LogP contribution is 2.35. The highest BCUT2D eigenvalue weighted by Gasteiger charge is 2.26. The number of hydrogen-bond donors (Lipinski definition) is 1. The molecule has 6 rings (SSSR count). The largest absolute Gasteiger partial charge is 0.494 e. The number of benzene rings is 4. The molecule has 7 nitrogen and oxygen atoms in total. The first-order chi connectivity index (χ1) is 24.2. The van der Waals surface area contributed by atoms with Gasteiger partial charge in [-0.1, -0.05) is 97.5 Å². The SMILES string of the molecule is C.C.CC(C)(c1ccc(OCCCCCC(O)COc2ccc(C(C)(C)c3ccc(OCC4CO4)cc3)cc2)cc1)c1ccc(OCC2CO2)cc1. The van der Waals surface area contributed by atoms with Gasteiger partial charge in [-0.05, 0) is 90.0 Å². The van der Waals surface area contributed by atoms with E-state index in [0.717, 1.165) is 55.5 Å². The van der Waals surface area contributed by atoms with E-state index in [2.05, 4.69) is 88.4 Å². The third kappa shape index (κ3) is 11.5. The molecule has 0 bridgehead atoms. The Morgan fingerprint density at radius 3 is 1.25 bits per heavy atom. The maximum atomic E-state index is 10.5. The van der Waals surface area contributed by atoms with Crippen LogP contribution in [0.2, 0.25) is 0 Å². The predicted octanol–water partition coefficient (Wildman–Crippen LogP) is 9.54. The molecule has 0 saturated carbocycles. The van der Waals surface area contributed by atoms with Gasteiger partial charge in [-0.15, -0.1) is 0 Å². The zero-order valence-electron chi connectivity index (χ0n) is 29.9. The fourth-order valence-corrected chi connectivity index (χ4v) is 6.04. The summed E-state index contributed by atoms with van der Waals surface area (Å²) < 4.78 is 34.0. The molecule has 3 unspecified atom stereocenters. The molecule has 0 aliphatic carbocycles. The number of aliphatic hydroxyl groups excluding tert-OH is 1. The van der Waals surface area contributed by atoms with Crippen LogP contribution >= 0.6 is 0 Å². The van der Waals surface area contributed by atoms with Crippen molar-refractivity contribution in [1.29, 1.82) is 0 Å². The zero-order chi connectivity index (χ0) is 35.0. The van der Waals surface area contributed by atoms with Gasteiger partial charge >= 0.3 is 0 Å². The molecule has 7 heteroatoms. The molecule has 0 radical (unpaired) electrons. The van der Waals surface area contributed by atoms with Crippen LogP contribution in [0.4, 0.5) is 0 Å². The summed E-state index contributed by atoms with van der Waals surface area (Å²) in [7, 11) is 0. The van der Waals surface area contributed by atoms with E-state index in [4.69, 9.17) is 28.4 Å². The Morgan fingerprint density at radius 2 is 0.885 bits per heavy atom. The van der Waals surface area contributed by atoms with Crippen molar-refractivity contribution in [1.82, 2.24) is 0 Å². The lowest BCUT2D eigenvalue weighted by Crippen LogP contribution is -2.19. The molecule has 52 heavy (non-hydrogen) atoms. The molecule has 4 aromatic carbocycles. The van der Waals surface area contributed by atoms with Crippen molar-refractivity contribution in [3.8, 4) is 23.0 Å². The molecular weight excluding hydrogens is 652 g/mol. The Balaban J connectivity index is 0.00000302. The van der Waals surface area contributed by atoms with Crippen molar-refractivity contribution < 1.29 is 33.5 Å². The Bertz CT molecular complexity index is 1600. The molecule has 3 atom stereocenters. The molecule has 1 N–H and O–H groups in total. The summed E-state index contributed by atoms with van der Waals surface area (Å²) in [5.41, 5.74) is 4.55. The molecule has 4 aromatic rings. The molecule has 0 spiro atoms. The van der Waals surface area contributed by atoms with E-state index >= 15 is 0 Å². The number of aliphatic hydroxyl groups is 1. The van der Waals surface area contributed by atoms with Crippen LogP contribution in [0.5, 0.6) is 23.0 Å². The summed E-state index contributed by atoms with van der Waals surface area (Å²) in [6.45, 7) is 12.6. The van der Waals surface area contributed by atoms with E-state index in [0.29, 0.717) is 26.2 Å². The molecule has 2 fully saturated rings. The molecule has 0 amide bonds. The van der Waals surface area contributed by atoms with Crippen molar-refractivity contribution >= 4 is 0 Å². The number of unbranched alkanes of at least 4 members (excludes halogenated alkanes) is 2. The van der Waals surface area contributed by atoms with Gasteiger partial charge < -0.3 is 33.5 Å². The lowest BCUT2D eigenvalue weighted by molar-refractivity contribution is 0.0971. The maximum absolute atomic E-state index is 10.5. The second-order valence-corrected chi connectivity index (χ2v) is 14.5. The van der Waals surface area contributed by atoms with Crippen molar-refractivity contribution in [2.24, 2.45) is 0 Å². The third-order valence-electron chi connectivity index (χ3n) is 9.87. The van der Waals surface area contributed by atoms with Crippen LogP contribution in [0.25, 0.3) is 0 Å². The molecule has 2 saturated heterocycles. The van der Waals surface area contributed by atoms with Crippen molar-refractivity contribution in [3.05, 3.63) is 119 Å². The summed E-state index contributed by atoms with van der Waals surface area (Å²) in [6.07, 6.45) is 3.54. The Hall–Kier alpha value is -4.04. The first-order valence-electron chi connectivity index (χ1n) is 18.0. The van der Waals surface area contributed by atoms with E-state index < -0.39 is 6.10 Å². The fourth-order valence-electron chi connectivity index (χ4n) is 6.04. The van der Waals surface area contributed by atoms with Crippen LogP contribution in [-0.4, -0.2) is 63.1 Å². The smallest absolute Gasteiger partial charge is 0.119 e. The highest BCUT2D eigenvalue weighted by atomic mass is 16.6. The van der Waals surface area contributed by atoms with E-state index in [9.17, 15) is 5.11 Å². The van der Waals surface area contributed by atoms with Gasteiger partial charge in [-0.25, -0.2) is 0 Å². The second-order valence-electron chi connectivity index (χ2n) is 14.5. The molecular formula is C45H60O7. The van der Waals surface area contributed by atoms with Gasteiger partial charge in [0.25, 0.3) is 0 Å². The minimum atomic E-state index is -0.504. The second kappa shape index (κ2) is 18.6. The standard InChI is InChI=1S/C43H52O7.2CH4/c1-42(2,33-13-21-38(22-14-33)47-27-40-29-49-40)31-9-17-36(18-10-31)45-25-7-5-6-8-35(44)26-46-37-19-11-32(12-20-37)43(3,4)34-15-23-39(24-16-34)48-28-41-30-50-41;;/h9-24,35,40-41,44H,5-8,25-30H2,1-4H3;2*1H4. The first-order valence-corrected chi connectivity index (χ1v) is 18.0. The van der Waals surface area contributed by atoms with Crippen LogP contribution in [0.1, 0.15) is 90.5 Å². The summed E-state index contributed by atoms with van der Waals surface area (Å²) in [4.78, 5) is 0. The summed E-state index contributed by atoms with van der Waals surface area (Å²) in [6, 6.07) is 33.2. The fraction of sp³-hybridized carbons (Fsp3) is 0.467. The van der Waals surface area contributed by atoms with Crippen LogP contribution in [-0.2, 0) is 20.3 Å². The molecule has 282 valence electrons. The van der Waals surface area contributed by atoms with E-state index in [-0.39, 0.29) is 44.5 Å². The van der Waals surface area contributed by atoms with Gasteiger partial charge in [0, 0.05) is 10.8 Å². The molecule has 2 aliphatic rings. The summed E-state index contributed by atoms with van der Waals surface area (Å²) >= 11 is 0. The van der Waals surface area contributed by atoms with Crippen molar-refractivity contribution in [3.63, 3.8) is 0 Å². The normalized spacial score (nSPS) is 16.9. The summed E-state index contributed by atoms with van der Waals surface area (Å²) in [5, 5.41) is 10.5. The number of hydrogen-bond acceptors (Lipinski definition) is 7. The van der Waals surface area contributed by atoms with Crippen molar-refractivity contribution in [2.75, 3.05) is 39.6 Å². The van der Waals surface area contributed by atoms with Gasteiger partial charge in [-0.2, -0.15) is 0 Å². The van der Waals surface area contributed by atoms with E-state index in [1.165, 1.54) is 22.3 Å². The monoisotopic (exact) mass is 712 g/mol. The lowest BCUT2D eigenvalue weighted by atomic mass is 9.78. The molecule has 2 aliphatic heterocycles.